The highest BCUT2D eigenvalue weighted by Gasteiger charge is 2.43. The monoisotopic (exact) mass is 343 g/mol. The summed E-state index contributed by atoms with van der Waals surface area (Å²) in [6.45, 7) is 4.27. The fourth-order valence-electron chi connectivity index (χ4n) is 3.42. The van der Waals surface area contributed by atoms with Crippen molar-refractivity contribution in [2.75, 3.05) is 13.1 Å². The number of halogens is 3. The first kappa shape index (κ1) is 17.3. The van der Waals surface area contributed by atoms with Gasteiger partial charge in [0, 0.05) is 25.0 Å². The number of likely N-dealkylation sites (tertiary alicyclic amines) is 1. The summed E-state index contributed by atoms with van der Waals surface area (Å²) in [7, 11) is 0. The van der Waals surface area contributed by atoms with Crippen molar-refractivity contribution >= 4 is 5.91 Å². The van der Waals surface area contributed by atoms with E-state index in [-0.39, 0.29) is 24.9 Å². The Bertz CT molecular complexity index is 607. The second-order valence-corrected chi connectivity index (χ2v) is 7.05. The molecule has 0 spiro atoms. The Morgan fingerprint density at radius 2 is 2.08 bits per heavy atom. The molecule has 3 rings (SSSR count). The maximum Gasteiger partial charge on any atom is 0.393 e. The minimum atomic E-state index is -4.24. The fourth-order valence-corrected chi connectivity index (χ4v) is 3.42. The number of alkyl halides is 3. The van der Waals surface area contributed by atoms with Gasteiger partial charge in [-0.1, -0.05) is 6.92 Å². The van der Waals surface area contributed by atoms with E-state index in [9.17, 15) is 18.0 Å². The standard InChI is InChI=1S/C17H24F3N3O/c1-3-11(2)23-15(12-6-7-12)14(9-21-23)16(24)22-8-4-5-13(10-22)17(18,19)20/h9,11-13H,3-8,10H2,1-2H3/t11-,13-/m1/s1. The van der Waals surface area contributed by atoms with E-state index in [1.54, 1.807) is 6.20 Å². The van der Waals surface area contributed by atoms with Crippen LogP contribution in [0.2, 0.25) is 0 Å². The fraction of sp³-hybridized carbons (Fsp3) is 0.765. The quantitative estimate of drug-likeness (QED) is 0.824. The SMILES string of the molecule is CC[C@@H](C)n1ncc(C(=O)N2CCC[C@@H](C(F)(F)F)C2)c1C1CC1. The lowest BCUT2D eigenvalue weighted by atomic mass is 9.96. The maximum absolute atomic E-state index is 13.0. The van der Waals surface area contributed by atoms with Crippen LogP contribution in [0.5, 0.6) is 0 Å². The minimum absolute atomic E-state index is 0.106. The van der Waals surface area contributed by atoms with Crippen molar-refractivity contribution in [3.05, 3.63) is 17.5 Å². The molecule has 1 saturated heterocycles. The van der Waals surface area contributed by atoms with Crippen LogP contribution in [0, 0.1) is 5.92 Å². The number of carbonyl (C=O) groups excluding carboxylic acids is 1. The molecule has 2 atom stereocenters. The molecule has 7 heteroatoms. The van der Waals surface area contributed by atoms with Crippen LogP contribution >= 0.6 is 0 Å². The third-order valence-corrected chi connectivity index (χ3v) is 5.21. The minimum Gasteiger partial charge on any atom is -0.338 e. The number of nitrogens with zero attached hydrogens (tertiary/aromatic N) is 3. The summed E-state index contributed by atoms with van der Waals surface area (Å²) in [5.74, 6) is -1.38. The molecule has 4 nitrogen and oxygen atoms in total. The summed E-state index contributed by atoms with van der Waals surface area (Å²) in [6, 6.07) is 0.187. The van der Waals surface area contributed by atoms with Crippen LogP contribution in [0.4, 0.5) is 13.2 Å². The molecule has 0 N–H and O–H groups in total. The number of piperidine rings is 1. The lowest BCUT2D eigenvalue weighted by molar-refractivity contribution is -0.184. The Labute approximate surface area is 140 Å². The number of hydrogen-bond acceptors (Lipinski definition) is 2. The average molecular weight is 343 g/mol. The molecule has 1 aliphatic heterocycles. The van der Waals surface area contributed by atoms with E-state index >= 15 is 0 Å². The van der Waals surface area contributed by atoms with E-state index in [0.717, 1.165) is 25.0 Å². The van der Waals surface area contributed by atoms with E-state index in [1.165, 1.54) is 4.90 Å². The van der Waals surface area contributed by atoms with E-state index in [0.29, 0.717) is 24.4 Å². The Kier molecular flexibility index (Phi) is 4.62. The van der Waals surface area contributed by atoms with Gasteiger partial charge in [-0.25, -0.2) is 0 Å². The zero-order valence-corrected chi connectivity index (χ0v) is 14.1. The van der Waals surface area contributed by atoms with Crippen LogP contribution in [-0.2, 0) is 0 Å². The van der Waals surface area contributed by atoms with Crippen LogP contribution in [0.1, 0.15) is 74.0 Å². The highest BCUT2D eigenvalue weighted by atomic mass is 19.4. The topological polar surface area (TPSA) is 38.1 Å². The Balaban J connectivity index is 1.83. The molecule has 0 aromatic carbocycles. The van der Waals surface area contributed by atoms with Crippen molar-refractivity contribution in [2.45, 2.75) is 64.1 Å². The largest absolute Gasteiger partial charge is 0.393 e. The van der Waals surface area contributed by atoms with Crippen LogP contribution in [0.15, 0.2) is 6.20 Å². The molecule has 0 bridgehead atoms. The van der Waals surface area contributed by atoms with Crippen LogP contribution in [0.3, 0.4) is 0 Å². The summed E-state index contributed by atoms with van der Waals surface area (Å²) in [6.07, 6.45) is 0.762. The first-order valence-corrected chi connectivity index (χ1v) is 8.76. The molecule has 2 fully saturated rings. The normalized spacial score (nSPS) is 23.4. The molecular weight excluding hydrogens is 319 g/mol. The summed E-state index contributed by atoms with van der Waals surface area (Å²) >= 11 is 0. The van der Waals surface area contributed by atoms with Crippen molar-refractivity contribution in [3.8, 4) is 0 Å². The van der Waals surface area contributed by atoms with Crippen molar-refractivity contribution in [1.82, 2.24) is 14.7 Å². The van der Waals surface area contributed by atoms with Crippen LogP contribution in [-0.4, -0.2) is 39.9 Å². The van der Waals surface area contributed by atoms with E-state index in [1.807, 2.05) is 11.6 Å². The predicted molar refractivity (Wildman–Crippen MR) is 83.9 cm³/mol. The van der Waals surface area contributed by atoms with Gasteiger partial charge in [-0.15, -0.1) is 0 Å². The molecule has 2 aliphatic rings. The number of rotatable bonds is 4. The molecule has 24 heavy (non-hydrogen) atoms. The molecule has 134 valence electrons. The molecule has 0 radical (unpaired) electrons. The van der Waals surface area contributed by atoms with E-state index in [2.05, 4.69) is 12.0 Å². The van der Waals surface area contributed by atoms with Gasteiger partial charge >= 0.3 is 6.18 Å². The molecule has 1 saturated carbocycles. The van der Waals surface area contributed by atoms with Crippen LogP contribution in [0.25, 0.3) is 0 Å². The molecule has 1 aliphatic carbocycles. The number of amides is 1. The smallest absolute Gasteiger partial charge is 0.338 e. The highest BCUT2D eigenvalue weighted by Crippen LogP contribution is 2.43. The second kappa shape index (κ2) is 6.41. The van der Waals surface area contributed by atoms with Crippen molar-refractivity contribution in [1.29, 1.82) is 0 Å². The van der Waals surface area contributed by atoms with E-state index in [4.69, 9.17) is 0 Å². The van der Waals surface area contributed by atoms with Gasteiger partial charge in [-0.05, 0) is 39.0 Å². The third-order valence-electron chi connectivity index (χ3n) is 5.21. The molecular formula is C17H24F3N3O. The van der Waals surface area contributed by atoms with Crippen molar-refractivity contribution in [2.24, 2.45) is 5.92 Å². The lowest BCUT2D eigenvalue weighted by Crippen LogP contribution is -2.44. The predicted octanol–water partition coefficient (Wildman–Crippen LogP) is 4.15. The first-order chi connectivity index (χ1) is 11.3. The van der Waals surface area contributed by atoms with Gasteiger partial charge in [0.05, 0.1) is 23.4 Å². The maximum atomic E-state index is 13.0. The van der Waals surface area contributed by atoms with Crippen molar-refractivity contribution in [3.63, 3.8) is 0 Å². The highest BCUT2D eigenvalue weighted by molar-refractivity contribution is 5.95. The molecule has 1 amide bonds. The number of hydrogen-bond donors (Lipinski definition) is 0. The van der Waals surface area contributed by atoms with Gasteiger partial charge in [0.15, 0.2) is 0 Å². The van der Waals surface area contributed by atoms with Crippen LogP contribution < -0.4 is 0 Å². The summed E-state index contributed by atoms with van der Waals surface area (Å²) in [5.41, 5.74) is 1.42. The number of aromatic nitrogens is 2. The lowest BCUT2D eigenvalue weighted by Gasteiger charge is -2.33. The van der Waals surface area contributed by atoms with Crippen molar-refractivity contribution < 1.29 is 18.0 Å². The van der Waals surface area contributed by atoms with Gasteiger partial charge < -0.3 is 4.90 Å². The third kappa shape index (κ3) is 3.30. The summed E-state index contributed by atoms with van der Waals surface area (Å²) in [5, 5.41) is 4.38. The van der Waals surface area contributed by atoms with Gasteiger partial charge in [0.25, 0.3) is 5.91 Å². The van der Waals surface area contributed by atoms with Gasteiger partial charge in [-0.3, -0.25) is 9.48 Å². The Hall–Kier alpha value is -1.53. The van der Waals surface area contributed by atoms with Gasteiger partial charge in [0.1, 0.15) is 0 Å². The summed E-state index contributed by atoms with van der Waals surface area (Å²) in [4.78, 5) is 14.2. The molecule has 2 heterocycles. The summed E-state index contributed by atoms with van der Waals surface area (Å²) < 4.78 is 40.9. The molecule has 1 aromatic heterocycles. The molecule has 1 aromatic rings. The van der Waals surface area contributed by atoms with E-state index < -0.39 is 12.1 Å². The molecule has 0 unspecified atom stereocenters. The number of carbonyl (C=O) groups is 1. The zero-order valence-electron chi connectivity index (χ0n) is 14.1. The van der Waals surface area contributed by atoms with Gasteiger partial charge in [0.2, 0.25) is 0 Å². The Morgan fingerprint density at radius 3 is 2.67 bits per heavy atom. The average Bonchev–Trinajstić information content (AvgIpc) is 3.31. The van der Waals surface area contributed by atoms with Gasteiger partial charge in [-0.2, -0.15) is 18.3 Å². The zero-order chi connectivity index (χ0) is 17.5. The first-order valence-electron chi connectivity index (χ1n) is 8.76. The Morgan fingerprint density at radius 1 is 1.38 bits per heavy atom. The second-order valence-electron chi connectivity index (χ2n) is 7.05.